The predicted molar refractivity (Wildman–Crippen MR) is 128 cm³/mol. The Morgan fingerprint density at radius 1 is 1.21 bits per heavy atom. The van der Waals surface area contributed by atoms with Gasteiger partial charge in [0.2, 0.25) is 11.1 Å². The van der Waals surface area contributed by atoms with E-state index in [9.17, 15) is 9.59 Å². The van der Waals surface area contributed by atoms with Gasteiger partial charge in [-0.2, -0.15) is 0 Å². The van der Waals surface area contributed by atoms with Gasteiger partial charge < -0.3 is 0 Å². The molecule has 6 nitrogen and oxygen atoms in total. The van der Waals surface area contributed by atoms with Gasteiger partial charge in [-0.15, -0.1) is 0 Å². The molecule has 1 N–H and O–H groups in total. The lowest BCUT2D eigenvalue weighted by Gasteiger charge is -2.31. The normalized spacial score (nSPS) is 14.7. The summed E-state index contributed by atoms with van der Waals surface area (Å²) in [6, 6.07) is 11.4. The number of para-hydroxylation sites is 1. The van der Waals surface area contributed by atoms with Crippen LogP contribution in [-0.4, -0.2) is 21.7 Å². The number of aromatic amines is 1. The zero-order valence-electron chi connectivity index (χ0n) is 18.5. The summed E-state index contributed by atoms with van der Waals surface area (Å²) in [5.74, 6) is -0.103. The number of fused-ring (bicyclic) bond motifs is 3. The van der Waals surface area contributed by atoms with E-state index in [1.54, 1.807) is 30.3 Å². The van der Waals surface area contributed by atoms with Crippen LogP contribution < -0.4 is 15.1 Å². The van der Waals surface area contributed by atoms with Crippen LogP contribution in [0, 0.1) is 5.82 Å². The first kappa shape index (κ1) is 23.4. The standard InChI is InChI=1S/C24H24ClFN4O2S/c1-3-4-5-8-14-33-24-27-22(32)21-16-10-6-7-13-19(16)29(15(2)31)23(30(21)28-24)20-17(25)11-9-12-18(20)26/h6-7,9-13,23H,3-5,8,14H2,1-2H3/p+1. The molecule has 0 spiro atoms. The molecule has 2 aromatic carbocycles. The van der Waals surface area contributed by atoms with E-state index in [0.717, 1.165) is 31.4 Å². The fourth-order valence-electron chi connectivity index (χ4n) is 4.09. The fraction of sp³-hybridized carbons (Fsp3) is 0.333. The number of nitrogens with one attached hydrogen (secondary N) is 1. The Bertz CT molecular complexity index is 1230. The minimum absolute atomic E-state index is 0.0899. The number of unbranched alkanes of at least 4 members (excludes halogenated alkanes) is 3. The summed E-state index contributed by atoms with van der Waals surface area (Å²) < 4.78 is 16.5. The molecule has 0 saturated heterocycles. The third-order valence-corrected chi connectivity index (χ3v) is 6.87. The summed E-state index contributed by atoms with van der Waals surface area (Å²) in [5, 5.41) is 5.24. The van der Waals surface area contributed by atoms with Crippen molar-refractivity contribution in [1.29, 1.82) is 0 Å². The molecular weight excluding hydrogens is 463 g/mol. The predicted octanol–water partition coefficient (Wildman–Crippen LogP) is 5.10. The largest absolute Gasteiger partial charge is 0.325 e. The maximum atomic E-state index is 15.1. The fourth-order valence-corrected chi connectivity index (χ4v) is 5.21. The number of carbonyl (C=O) groups is 1. The zero-order chi connectivity index (χ0) is 23.5. The van der Waals surface area contributed by atoms with Crippen LogP contribution in [0.3, 0.4) is 0 Å². The van der Waals surface area contributed by atoms with Crippen molar-refractivity contribution in [2.45, 2.75) is 50.9 Å². The van der Waals surface area contributed by atoms with E-state index >= 15 is 4.39 Å². The van der Waals surface area contributed by atoms with E-state index in [0.29, 0.717) is 16.4 Å². The van der Waals surface area contributed by atoms with Crippen molar-refractivity contribution in [1.82, 2.24) is 10.1 Å². The van der Waals surface area contributed by atoms with Gasteiger partial charge >= 0.3 is 11.3 Å². The minimum Gasteiger partial charge on any atom is -0.291 e. The maximum Gasteiger partial charge on any atom is 0.325 e. The van der Waals surface area contributed by atoms with Gasteiger partial charge in [-0.05, 0) is 35.4 Å². The molecule has 3 aromatic rings. The number of anilines is 1. The summed E-state index contributed by atoms with van der Waals surface area (Å²) >= 11 is 7.86. The van der Waals surface area contributed by atoms with Gasteiger partial charge in [0.05, 0.1) is 21.8 Å². The Hall–Kier alpha value is -2.71. The van der Waals surface area contributed by atoms with E-state index in [-0.39, 0.29) is 27.7 Å². The number of rotatable bonds is 7. The number of amides is 1. The van der Waals surface area contributed by atoms with E-state index in [1.165, 1.54) is 40.4 Å². The average Bonchev–Trinajstić information content (AvgIpc) is 2.78. The van der Waals surface area contributed by atoms with Crippen molar-refractivity contribution in [3.8, 4) is 11.3 Å². The SMILES string of the molecule is CCCCCCSc1n[n+]2c(c(=O)[nH]1)-c1ccccc1N(C(C)=O)C2c1c(F)cccc1Cl. The summed E-state index contributed by atoms with van der Waals surface area (Å²) in [4.78, 5) is 30.4. The molecule has 1 atom stereocenters. The Morgan fingerprint density at radius 2 is 2.00 bits per heavy atom. The van der Waals surface area contributed by atoms with Crippen molar-refractivity contribution < 1.29 is 13.9 Å². The zero-order valence-corrected chi connectivity index (χ0v) is 20.0. The molecule has 0 bridgehead atoms. The van der Waals surface area contributed by atoms with Crippen molar-refractivity contribution in [2.24, 2.45) is 0 Å². The molecule has 4 rings (SSSR count). The number of carbonyl (C=O) groups excluding carboxylic acids is 1. The highest BCUT2D eigenvalue weighted by Gasteiger charge is 2.46. The number of hydrogen-bond acceptors (Lipinski definition) is 4. The second-order valence-electron chi connectivity index (χ2n) is 7.88. The smallest absolute Gasteiger partial charge is 0.291 e. The van der Waals surface area contributed by atoms with Crippen molar-refractivity contribution >= 4 is 35.0 Å². The van der Waals surface area contributed by atoms with Gasteiger partial charge in [0.15, 0.2) is 0 Å². The van der Waals surface area contributed by atoms with Gasteiger partial charge in [0.1, 0.15) is 5.82 Å². The van der Waals surface area contributed by atoms with Crippen LogP contribution in [0.5, 0.6) is 0 Å². The summed E-state index contributed by atoms with van der Waals surface area (Å²) in [6.07, 6.45) is 3.35. The molecule has 1 aliphatic heterocycles. The highest BCUT2D eigenvalue weighted by atomic mass is 35.5. The van der Waals surface area contributed by atoms with E-state index in [4.69, 9.17) is 11.6 Å². The lowest BCUT2D eigenvalue weighted by Crippen LogP contribution is -2.61. The Balaban J connectivity index is 1.90. The number of benzene rings is 2. The molecule has 0 aliphatic carbocycles. The van der Waals surface area contributed by atoms with E-state index in [2.05, 4.69) is 17.0 Å². The van der Waals surface area contributed by atoms with Gasteiger partial charge in [-0.3, -0.25) is 14.6 Å². The molecule has 0 radical (unpaired) electrons. The molecule has 0 saturated carbocycles. The van der Waals surface area contributed by atoms with Crippen molar-refractivity contribution in [3.63, 3.8) is 0 Å². The van der Waals surface area contributed by atoms with Crippen LogP contribution in [0.25, 0.3) is 11.3 Å². The van der Waals surface area contributed by atoms with Gasteiger partial charge in [0.25, 0.3) is 6.17 Å². The van der Waals surface area contributed by atoms with Gasteiger partial charge in [0, 0.05) is 17.8 Å². The number of nitrogens with zero attached hydrogens (tertiary/aromatic N) is 3. The maximum absolute atomic E-state index is 15.1. The molecule has 2 heterocycles. The average molecular weight is 488 g/mol. The summed E-state index contributed by atoms with van der Waals surface area (Å²) in [5.41, 5.74) is 1.04. The van der Waals surface area contributed by atoms with Crippen LogP contribution in [0.15, 0.2) is 52.4 Å². The van der Waals surface area contributed by atoms with Crippen LogP contribution >= 0.6 is 23.4 Å². The lowest BCUT2D eigenvalue weighted by atomic mass is 10.0. The van der Waals surface area contributed by atoms with Crippen molar-refractivity contribution in [2.75, 3.05) is 10.7 Å². The van der Waals surface area contributed by atoms with Crippen LogP contribution in [0.4, 0.5) is 10.1 Å². The quantitative estimate of drug-likeness (QED) is 0.286. The Kier molecular flexibility index (Phi) is 7.14. The first-order chi connectivity index (χ1) is 15.9. The third kappa shape index (κ3) is 4.54. The van der Waals surface area contributed by atoms with Gasteiger partial charge in [-0.1, -0.05) is 67.7 Å². The number of thioether (sulfide) groups is 1. The highest BCUT2D eigenvalue weighted by Crippen LogP contribution is 2.39. The van der Waals surface area contributed by atoms with E-state index in [1.807, 2.05) is 0 Å². The second-order valence-corrected chi connectivity index (χ2v) is 9.37. The number of hydrogen-bond donors (Lipinski definition) is 1. The molecule has 172 valence electrons. The van der Waals surface area contributed by atoms with Crippen molar-refractivity contribution in [3.05, 3.63) is 69.2 Å². The molecule has 0 fully saturated rings. The van der Waals surface area contributed by atoms with Crippen LogP contribution in [-0.2, 0) is 4.79 Å². The van der Waals surface area contributed by atoms with E-state index < -0.39 is 12.0 Å². The Morgan fingerprint density at radius 3 is 2.73 bits per heavy atom. The molecular formula is C24H25ClFN4O2S+. The lowest BCUT2D eigenvalue weighted by molar-refractivity contribution is -0.763. The molecule has 9 heteroatoms. The topological polar surface area (TPSA) is 69.9 Å². The molecule has 1 amide bonds. The molecule has 33 heavy (non-hydrogen) atoms. The highest BCUT2D eigenvalue weighted by molar-refractivity contribution is 7.99. The number of halogens is 2. The molecule has 1 aromatic heterocycles. The second kappa shape index (κ2) is 10.1. The first-order valence-electron chi connectivity index (χ1n) is 11.0. The molecule has 1 unspecified atom stereocenters. The number of aromatic nitrogens is 3. The van der Waals surface area contributed by atoms with Gasteiger partial charge in [-0.25, -0.2) is 9.29 Å². The number of H-pyrrole nitrogens is 1. The third-order valence-electron chi connectivity index (χ3n) is 5.59. The minimum atomic E-state index is -1.04. The first-order valence-corrected chi connectivity index (χ1v) is 12.3. The Labute approximate surface area is 200 Å². The summed E-state index contributed by atoms with van der Waals surface area (Å²) in [6.45, 7) is 3.56. The summed E-state index contributed by atoms with van der Waals surface area (Å²) in [7, 11) is 0. The van der Waals surface area contributed by atoms with Crippen LogP contribution in [0.1, 0.15) is 51.3 Å². The monoisotopic (exact) mass is 487 g/mol. The van der Waals surface area contributed by atoms with Crippen LogP contribution in [0.2, 0.25) is 5.02 Å². The molecule has 1 aliphatic rings.